The van der Waals surface area contributed by atoms with Gasteiger partial charge < -0.3 is 0 Å². The monoisotopic (exact) mass is 244 g/mol. The molecule has 0 aliphatic heterocycles. The van der Waals surface area contributed by atoms with Crippen LogP contribution in [0, 0.1) is 0 Å². The van der Waals surface area contributed by atoms with Crippen LogP contribution in [0.15, 0.2) is 54.6 Å². The Morgan fingerprint density at radius 2 is 1.18 bits per heavy atom. The first-order valence-electron chi connectivity index (χ1n) is 6.13. The van der Waals surface area contributed by atoms with Crippen LogP contribution in [0.5, 0.6) is 0 Å². The lowest BCUT2D eigenvalue weighted by atomic mass is 10.0. The van der Waals surface area contributed by atoms with Crippen molar-refractivity contribution in [2.45, 2.75) is 25.7 Å². The van der Waals surface area contributed by atoms with Crippen LogP contribution in [-0.4, -0.2) is 0 Å². The van der Waals surface area contributed by atoms with Crippen LogP contribution in [0.1, 0.15) is 24.0 Å². The minimum atomic E-state index is 0.818. The zero-order valence-corrected chi connectivity index (χ0v) is 10.7. The molecule has 2 aromatic rings. The van der Waals surface area contributed by atoms with E-state index in [4.69, 9.17) is 11.6 Å². The Balaban J connectivity index is 1.71. The molecule has 2 aromatic carbocycles. The fourth-order valence-electron chi connectivity index (χ4n) is 1.95. The quantitative estimate of drug-likeness (QED) is 0.656. The molecule has 17 heavy (non-hydrogen) atoms. The molecule has 0 bridgehead atoms. The number of hydrogen-bond acceptors (Lipinski definition) is 0. The van der Waals surface area contributed by atoms with E-state index >= 15 is 0 Å². The summed E-state index contributed by atoms with van der Waals surface area (Å²) in [5.41, 5.74) is 2.81. The third-order valence-corrected chi connectivity index (χ3v) is 3.19. The molecule has 0 nitrogen and oxygen atoms in total. The molecular weight excluding hydrogens is 228 g/mol. The predicted octanol–water partition coefficient (Wildman–Crippen LogP) is 4.91. The Kier molecular flexibility index (Phi) is 4.63. The summed E-state index contributed by atoms with van der Waals surface area (Å²) >= 11 is 5.85. The van der Waals surface area contributed by atoms with Crippen molar-refractivity contribution in [3.8, 4) is 0 Å². The van der Waals surface area contributed by atoms with Gasteiger partial charge in [0.25, 0.3) is 0 Å². The second-order valence-electron chi connectivity index (χ2n) is 4.32. The molecule has 0 aliphatic rings. The maximum absolute atomic E-state index is 5.85. The Hall–Kier alpha value is -1.27. The minimum absolute atomic E-state index is 0.818. The molecule has 0 N–H and O–H groups in total. The lowest BCUT2D eigenvalue weighted by molar-refractivity contribution is 0.734. The second kappa shape index (κ2) is 6.46. The Bertz CT molecular complexity index is 431. The van der Waals surface area contributed by atoms with E-state index < -0.39 is 0 Å². The van der Waals surface area contributed by atoms with E-state index in [1.807, 2.05) is 12.1 Å². The van der Waals surface area contributed by atoms with E-state index in [1.165, 1.54) is 30.4 Å². The zero-order valence-electron chi connectivity index (χ0n) is 9.90. The molecule has 1 heteroatoms. The van der Waals surface area contributed by atoms with E-state index in [9.17, 15) is 0 Å². The summed E-state index contributed by atoms with van der Waals surface area (Å²) in [5, 5.41) is 0.818. The van der Waals surface area contributed by atoms with Gasteiger partial charge in [-0.25, -0.2) is 0 Å². The van der Waals surface area contributed by atoms with Crippen LogP contribution in [0.2, 0.25) is 5.02 Å². The third-order valence-electron chi connectivity index (χ3n) is 2.94. The molecule has 0 atom stereocenters. The highest BCUT2D eigenvalue weighted by atomic mass is 35.5. The van der Waals surface area contributed by atoms with E-state index in [0.29, 0.717) is 0 Å². The van der Waals surface area contributed by atoms with Crippen LogP contribution >= 0.6 is 11.6 Å². The van der Waals surface area contributed by atoms with Gasteiger partial charge in [-0.05, 0) is 48.9 Å². The topological polar surface area (TPSA) is 0 Å². The van der Waals surface area contributed by atoms with Crippen LogP contribution in [0.3, 0.4) is 0 Å². The molecule has 0 saturated carbocycles. The van der Waals surface area contributed by atoms with Gasteiger partial charge in [0.15, 0.2) is 0 Å². The highest BCUT2D eigenvalue weighted by Crippen LogP contribution is 2.12. The van der Waals surface area contributed by atoms with Crippen molar-refractivity contribution >= 4 is 11.6 Å². The first-order valence-corrected chi connectivity index (χ1v) is 6.51. The van der Waals surface area contributed by atoms with Gasteiger partial charge in [-0.15, -0.1) is 0 Å². The zero-order chi connectivity index (χ0) is 11.9. The Morgan fingerprint density at radius 1 is 0.647 bits per heavy atom. The molecule has 2 rings (SSSR count). The van der Waals surface area contributed by atoms with Crippen molar-refractivity contribution in [1.82, 2.24) is 0 Å². The molecule has 0 radical (unpaired) electrons. The maximum atomic E-state index is 5.85. The number of unbranched alkanes of at least 4 members (excludes halogenated alkanes) is 1. The fourth-order valence-corrected chi connectivity index (χ4v) is 2.08. The third kappa shape index (κ3) is 4.24. The van der Waals surface area contributed by atoms with Gasteiger partial charge in [-0.3, -0.25) is 0 Å². The van der Waals surface area contributed by atoms with Crippen molar-refractivity contribution in [3.63, 3.8) is 0 Å². The standard InChI is InChI=1S/C16H17Cl/c17-16-12-10-15(11-13-16)9-5-4-8-14-6-2-1-3-7-14/h1-3,6-7,10-13H,4-5,8-9H2. The molecule has 0 spiro atoms. The van der Waals surface area contributed by atoms with Crippen molar-refractivity contribution in [1.29, 1.82) is 0 Å². The summed E-state index contributed by atoms with van der Waals surface area (Å²) in [4.78, 5) is 0. The minimum Gasteiger partial charge on any atom is -0.0843 e. The number of aryl methyl sites for hydroxylation is 2. The largest absolute Gasteiger partial charge is 0.0843 e. The molecule has 0 heterocycles. The highest BCUT2D eigenvalue weighted by Gasteiger charge is 1.95. The van der Waals surface area contributed by atoms with Gasteiger partial charge >= 0.3 is 0 Å². The lowest BCUT2D eigenvalue weighted by Crippen LogP contribution is -1.88. The molecule has 0 amide bonds. The van der Waals surface area contributed by atoms with Gasteiger partial charge in [-0.1, -0.05) is 54.1 Å². The molecule has 0 fully saturated rings. The normalized spacial score (nSPS) is 10.4. The number of halogens is 1. The average Bonchev–Trinajstić information content (AvgIpc) is 2.38. The smallest absolute Gasteiger partial charge is 0.0406 e. The first-order chi connectivity index (χ1) is 8.34. The first kappa shape index (κ1) is 12.2. The van der Waals surface area contributed by atoms with Gasteiger partial charge in [0.05, 0.1) is 0 Å². The van der Waals surface area contributed by atoms with Crippen molar-refractivity contribution in [2.24, 2.45) is 0 Å². The van der Waals surface area contributed by atoms with Crippen LogP contribution < -0.4 is 0 Å². The summed E-state index contributed by atoms with van der Waals surface area (Å²) in [7, 11) is 0. The summed E-state index contributed by atoms with van der Waals surface area (Å²) in [6, 6.07) is 18.8. The SMILES string of the molecule is Clc1ccc(CCCCc2ccccc2)cc1. The van der Waals surface area contributed by atoms with Gasteiger partial charge in [0.2, 0.25) is 0 Å². The van der Waals surface area contributed by atoms with Crippen molar-refractivity contribution < 1.29 is 0 Å². The fraction of sp³-hybridized carbons (Fsp3) is 0.250. The van der Waals surface area contributed by atoms with Gasteiger partial charge in [-0.2, -0.15) is 0 Å². The molecule has 0 aromatic heterocycles. The molecule has 0 aliphatic carbocycles. The Labute approximate surface area is 108 Å². The number of hydrogen-bond donors (Lipinski definition) is 0. The predicted molar refractivity (Wildman–Crippen MR) is 74.5 cm³/mol. The average molecular weight is 245 g/mol. The highest BCUT2D eigenvalue weighted by molar-refractivity contribution is 6.30. The summed E-state index contributed by atoms with van der Waals surface area (Å²) in [5.74, 6) is 0. The van der Waals surface area contributed by atoms with Crippen LogP contribution in [0.25, 0.3) is 0 Å². The Morgan fingerprint density at radius 3 is 1.76 bits per heavy atom. The number of benzene rings is 2. The van der Waals surface area contributed by atoms with E-state index in [-0.39, 0.29) is 0 Å². The van der Waals surface area contributed by atoms with Crippen LogP contribution in [0.4, 0.5) is 0 Å². The lowest BCUT2D eigenvalue weighted by Gasteiger charge is -2.02. The van der Waals surface area contributed by atoms with Crippen LogP contribution in [-0.2, 0) is 12.8 Å². The summed E-state index contributed by atoms with van der Waals surface area (Å²) in [6.45, 7) is 0. The summed E-state index contributed by atoms with van der Waals surface area (Å²) in [6.07, 6.45) is 4.79. The van der Waals surface area contributed by atoms with E-state index in [0.717, 1.165) is 11.4 Å². The van der Waals surface area contributed by atoms with Gasteiger partial charge in [0.1, 0.15) is 0 Å². The molecule has 0 unspecified atom stereocenters. The van der Waals surface area contributed by atoms with Crippen molar-refractivity contribution in [3.05, 3.63) is 70.7 Å². The maximum Gasteiger partial charge on any atom is 0.0406 e. The van der Waals surface area contributed by atoms with E-state index in [1.54, 1.807) is 0 Å². The van der Waals surface area contributed by atoms with Crippen molar-refractivity contribution in [2.75, 3.05) is 0 Å². The molecular formula is C16H17Cl. The molecule has 0 saturated heterocycles. The summed E-state index contributed by atoms with van der Waals surface area (Å²) < 4.78 is 0. The van der Waals surface area contributed by atoms with E-state index in [2.05, 4.69) is 42.5 Å². The second-order valence-corrected chi connectivity index (χ2v) is 4.76. The molecule has 88 valence electrons. The number of rotatable bonds is 5. The van der Waals surface area contributed by atoms with Gasteiger partial charge in [0, 0.05) is 5.02 Å².